The first-order valence-corrected chi connectivity index (χ1v) is 25.1. The highest BCUT2D eigenvalue weighted by molar-refractivity contribution is 5.71. The summed E-state index contributed by atoms with van der Waals surface area (Å²) in [5.74, 6) is -0.909. The van der Waals surface area contributed by atoms with Gasteiger partial charge in [0.1, 0.15) is 13.2 Å². The molecule has 6 nitrogen and oxygen atoms in total. The van der Waals surface area contributed by atoms with Crippen LogP contribution in [0.25, 0.3) is 0 Å². The maximum absolute atomic E-state index is 12.8. The van der Waals surface area contributed by atoms with Crippen LogP contribution >= 0.6 is 0 Å². The van der Waals surface area contributed by atoms with Crippen LogP contribution < -0.4 is 0 Å². The summed E-state index contributed by atoms with van der Waals surface area (Å²) in [6, 6.07) is 0. The molecule has 0 aliphatic rings. The van der Waals surface area contributed by atoms with Crippen molar-refractivity contribution in [3.63, 3.8) is 0 Å². The summed E-state index contributed by atoms with van der Waals surface area (Å²) in [6.45, 7) is 6.55. The van der Waals surface area contributed by atoms with Crippen LogP contribution in [0.5, 0.6) is 0 Å². The van der Waals surface area contributed by atoms with E-state index in [1.54, 1.807) is 0 Å². The molecular formula is C53H94O6. The third-order valence-corrected chi connectivity index (χ3v) is 10.8. The predicted octanol–water partition coefficient (Wildman–Crippen LogP) is 16.3. The first kappa shape index (κ1) is 56.4. The Morgan fingerprint density at radius 1 is 0.339 bits per heavy atom. The number of ether oxygens (including phenoxy) is 3. The van der Waals surface area contributed by atoms with Crippen LogP contribution in [0.2, 0.25) is 0 Å². The van der Waals surface area contributed by atoms with E-state index < -0.39 is 6.10 Å². The minimum atomic E-state index is -0.781. The highest BCUT2D eigenvalue weighted by Crippen LogP contribution is 2.15. The van der Waals surface area contributed by atoms with E-state index in [-0.39, 0.29) is 31.1 Å². The Hall–Kier alpha value is -2.63. The molecule has 0 unspecified atom stereocenters. The van der Waals surface area contributed by atoms with Gasteiger partial charge in [0.05, 0.1) is 0 Å². The number of rotatable bonds is 45. The van der Waals surface area contributed by atoms with E-state index in [2.05, 4.69) is 69.4 Å². The van der Waals surface area contributed by atoms with Crippen LogP contribution in [-0.2, 0) is 28.6 Å². The molecule has 59 heavy (non-hydrogen) atoms. The minimum Gasteiger partial charge on any atom is -0.462 e. The fourth-order valence-electron chi connectivity index (χ4n) is 6.96. The molecule has 0 N–H and O–H groups in total. The Morgan fingerprint density at radius 3 is 1.05 bits per heavy atom. The maximum Gasteiger partial charge on any atom is 0.306 e. The zero-order chi connectivity index (χ0) is 43.0. The summed E-state index contributed by atoms with van der Waals surface area (Å²) in [7, 11) is 0. The second kappa shape index (κ2) is 48.0. The zero-order valence-corrected chi connectivity index (χ0v) is 39.0. The standard InChI is InChI=1S/C53H94O6/c1-4-7-10-13-16-19-22-24-25-26-27-29-31-34-37-40-43-46-52(55)58-49-50(48-57-51(54)45-42-39-36-33-30-21-18-15-12-9-6-3)59-53(56)47-44-41-38-35-32-28-23-20-17-14-11-8-5-2/h15-16,18-19,24-25,27,29,50H,4-14,17,20-23,26,28,30-49H2,1-3H3/b18-15-,19-16-,25-24-,29-27-/t50-/m0/s1. The molecule has 0 fully saturated rings. The third kappa shape index (κ3) is 46.3. The van der Waals surface area contributed by atoms with Gasteiger partial charge in [-0.05, 0) is 77.0 Å². The molecule has 342 valence electrons. The van der Waals surface area contributed by atoms with Gasteiger partial charge in [0, 0.05) is 19.3 Å². The van der Waals surface area contributed by atoms with E-state index >= 15 is 0 Å². The predicted molar refractivity (Wildman–Crippen MR) is 252 cm³/mol. The van der Waals surface area contributed by atoms with Crippen molar-refractivity contribution in [2.45, 2.75) is 258 Å². The van der Waals surface area contributed by atoms with Crippen LogP contribution in [0.1, 0.15) is 252 Å². The Balaban J connectivity index is 4.39. The first-order chi connectivity index (χ1) is 29.0. The molecule has 0 saturated heterocycles. The molecule has 0 aliphatic carbocycles. The molecule has 0 saturated carbocycles. The molecule has 0 aromatic heterocycles. The van der Waals surface area contributed by atoms with Crippen molar-refractivity contribution in [3.05, 3.63) is 48.6 Å². The lowest BCUT2D eigenvalue weighted by Gasteiger charge is -2.18. The molecule has 0 radical (unpaired) electrons. The first-order valence-electron chi connectivity index (χ1n) is 25.1. The lowest BCUT2D eigenvalue weighted by Crippen LogP contribution is -2.30. The second-order valence-corrected chi connectivity index (χ2v) is 16.7. The van der Waals surface area contributed by atoms with Crippen molar-refractivity contribution in [1.29, 1.82) is 0 Å². The largest absolute Gasteiger partial charge is 0.462 e. The fourth-order valence-corrected chi connectivity index (χ4v) is 6.96. The molecule has 0 bridgehead atoms. The molecule has 6 heteroatoms. The van der Waals surface area contributed by atoms with Crippen molar-refractivity contribution in [2.75, 3.05) is 13.2 Å². The summed E-state index contributed by atoms with van der Waals surface area (Å²) in [5.41, 5.74) is 0. The van der Waals surface area contributed by atoms with Crippen molar-refractivity contribution < 1.29 is 28.6 Å². The fraction of sp³-hybridized carbons (Fsp3) is 0.792. The molecule has 0 spiro atoms. The quantitative estimate of drug-likeness (QED) is 0.0263. The average molecular weight is 827 g/mol. The average Bonchev–Trinajstić information content (AvgIpc) is 3.23. The Morgan fingerprint density at radius 2 is 0.627 bits per heavy atom. The van der Waals surface area contributed by atoms with Gasteiger partial charge < -0.3 is 14.2 Å². The topological polar surface area (TPSA) is 78.9 Å². The van der Waals surface area contributed by atoms with Gasteiger partial charge >= 0.3 is 17.9 Å². The van der Waals surface area contributed by atoms with Crippen LogP contribution in [0.4, 0.5) is 0 Å². The third-order valence-electron chi connectivity index (χ3n) is 10.8. The molecule has 0 heterocycles. The number of hydrogen-bond donors (Lipinski definition) is 0. The summed E-state index contributed by atoms with van der Waals surface area (Å²) in [6.07, 6.45) is 56.6. The van der Waals surface area contributed by atoms with Gasteiger partial charge in [-0.1, -0.05) is 204 Å². The van der Waals surface area contributed by atoms with Crippen LogP contribution in [0.15, 0.2) is 48.6 Å². The van der Waals surface area contributed by atoms with Gasteiger partial charge in [-0.15, -0.1) is 0 Å². The number of allylic oxidation sites excluding steroid dienone is 8. The molecule has 0 aromatic carbocycles. The number of hydrogen-bond acceptors (Lipinski definition) is 6. The normalized spacial score (nSPS) is 12.4. The molecule has 0 aromatic rings. The van der Waals surface area contributed by atoms with E-state index in [4.69, 9.17) is 14.2 Å². The van der Waals surface area contributed by atoms with E-state index in [0.717, 1.165) is 89.9 Å². The van der Waals surface area contributed by atoms with Crippen LogP contribution in [0.3, 0.4) is 0 Å². The van der Waals surface area contributed by atoms with E-state index in [9.17, 15) is 14.4 Å². The smallest absolute Gasteiger partial charge is 0.306 e. The second-order valence-electron chi connectivity index (χ2n) is 16.7. The zero-order valence-electron chi connectivity index (χ0n) is 39.0. The molecule has 1 atom stereocenters. The number of carbonyl (C=O) groups excluding carboxylic acids is 3. The highest BCUT2D eigenvalue weighted by atomic mass is 16.6. The van der Waals surface area contributed by atoms with Gasteiger partial charge in [0.25, 0.3) is 0 Å². The number of carbonyl (C=O) groups is 3. The van der Waals surface area contributed by atoms with Gasteiger partial charge in [-0.25, -0.2) is 0 Å². The van der Waals surface area contributed by atoms with Crippen molar-refractivity contribution in [1.82, 2.24) is 0 Å². The molecular weight excluding hydrogens is 733 g/mol. The lowest BCUT2D eigenvalue weighted by atomic mass is 10.0. The van der Waals surface area contributed by atoms with Crippen molar-refractivity contribution >= 4 is 17.9 Å². The molecule has 0 aliphatic heterocycles. The Bertz CT molecular complexity index is 1040. The van der Waals surface area contributed by atoms with Crippen molar-refractivity contribution in [3.8, 4) is 0 Å². The van der Waals surface area contributed by atoms with Crippen molar-refractivity contribution in [2.24, 2.45) is 0 Å². The van der Waals surface area contributed by atoms with Crippen LogP contribution in [0, 0.1) is 0 Å². The summed E-state index contributed by atoms with van der Waals surface area (Å²) in [5, 5.41) is 0. The SMILES string of the molecule is CCCC/C=C\CCCCCCCC(=O)OC[C@@H](COC(=O)CCCCCC/C=C\C/C=C\C/C=C\CCCCC)OC(=O)CCCCCCCCCCCCCCC. The summed E-state index contributed by atoms with van der Waals surface area (Å²) < 4.78 is 16.7. The van der Waals surface area contributed by atoms with E-state index in [1.165, 1.54) is 122 Å². The van der Waals surface area contributed by atoms with Crippen LogP contribution in [-0.4, -0.2) is 37.2 Å². The highest BCUT2D eigenvalue weighted by Gasteiger charge is 2.19. The Kier molecular flexibility index (Phi) is 45.9. The minimum absolute atomic E-state index is 0.0830. The number of unbranched alkanes of at least 4 members (excludes halogenated alkanes) is 26. The van der Waals surface area contributed by atoms with E-state index in [1.807, 2.05) is 0 Å². The van der Waals surface area contributed by atoms with Gasteiger partial charge in [-0.2, -0.15) is 0 Å². The summed E-state index contributed by atoms with van der Waals surface area (Å²) >= 11 is 0. The Labute approximate surface area is 365 Å². The molecule has 0 amide bonds. The van der Waals surface area contributed by atoms with Gasteiger partial charge in [0.2, 0.25) is 0 Å². The lowest BCUT2D eigenvalue weighted by molar-refractivity contribution is -0.167. The van der Waals surface area contributed by atoms with E-state index in [0.29, 0.717) is 19.3 Å². The molecule has 0 rings (SSSR count). The van der Waals surface area contributed by atoms with Gasteiger partial charge in [0.15, 0.2) is 6.10 Å². The van der Waals surface area contributed by atoms with Gasteiger partial charge in [-0.3, -0.25) is 14.4 Å². The summed E-state index contributed by atoms with van der Waals surface area (Å²) in [4.78, 5) is 37.9. The number of esters is 3. The maximum atomic E-state index is 12.8. The monoisotopic (exact) mass is 827 g/mol.